The number of benzene rings is 2. The van der Waals surface area contributed by atoms with Crippen LogP contribution in [0.5, 0.6) is 0 Å². The molecule has 0 unspecified atom stereocenters. The van der Waals surface area contributed by atoms with Crippen LogP contribution in [0.1, 0.15) is 43.9 Å². The Bertz CT molecular complexity index is 1120. The number of carbonyl (C=O) groups excluding carboxylic acids is 2. The van der Waals surface area contributed by atoms with Gasteiger partial charge in [0.1, 0.15) is 5.82 Å². The van der Waals surface area contributed by atoms with Crippen LogP contribution < -0.4 is 5.32 Å². The van der Waals surface area contributed by atoms with E-state index in [2.05, 4.69) is 5.32 Å². The topological polar surface area (TPSA) is 67.2 Å². The summed E-state index contributed by atoms with van der Waals surface area (Å²) in [4.78, 5) is 27.8. The van der Waals surface area contributed by atoms with Gasteiger partial charge in [0.15, 0.2) is 0 Å². The van der Waals surface area contributed by atoms with Gasteiger partial charge in [-0.1, -0.05) is 61.4 Å². The molecule has 1 fully saturated rings. The second kappa shape index (κ2) is 10.0. The van der Waals surface area contributed by atoms with Gasteiger partial charge < -0.3 is 10.2 Å². The highest BCUT2D eigenvalue weighted by molar-refractivity contribution is 5.98. The zero-order valence-corrected chi connectivity index (χ0v) is 19.7. The van der Waals surface area contributed by atoms with E-state index in [9.17, 15) is 9.59 Å². The van der Waals surface area contributed by atoms with Crippen molar-refractivity contribution < 1.29 is 9.59 Å². The van der Waals surface area contributed by atoms with Crippen LogP contribution in [-0.4, -0.2) is 39.6 Å². The van der Waals surface area contributed by atoms with Crippen molar-refractivity contribution >= 4 is 17.6 Å². The fraction of sp³-hybridized carbons (Fsp3) is 0.370. The summed E-state index contributed by atoms with van der Waals surface area (Å²) in [7, 11) is 0. The first-order chi connectivity index (χ1) is 16.0. The number of hydrogen-bond donors (Lipinski definition) is 1. The van der Waals surface area contributed by atoms with Crippen molar-refractivity contribution in [3.63, 3.8) is 0 Å². The van der Waals surface area contributed by atoms with Gasteiger partial charge in [0.25, 0.3) is 0 Å². The molecule has 1 aromatic heterocycles. The van der Waals surface area contributed by atoms with Crippen LogP contribution in [0.2, 0.25) is 0 Å². The second-order valence-corrected chi connectivity index (χ2v) is 8.86. The molecule has 1 aliphatic rings. The van der Waals surface area contributed by atoms with Gasteiger partial charge in [0.05, 0.1) is 17.9 Å². The third-order valence-corrected chi connectivity index (χ3v) is 6.25. The zero-order chi connectivity index (χ0) is 23.4. The highest BCUT2D eigenvalue weighted by Crippen LogP contribution is 2.33. The smallest absolute Gasteiger partial charge is 0.245 e. The lowest BCUT2D eigenvalue weighted by Gasteiger charge is -2.31. The van der Waals surface area contributed by atoms with Gasteiger partial charge in [0.2, 0.25) is 11.8 Å². The maximum Gasteiger partial charge on any atom is 0.245 e. The van der Waals surface area contributed by atoms with E-state index >= 15 is 0 Å². The molecule has 1 aliphatic carbocycles. The number of amides is 2. The molecule has 172 valence electrons. The summed E-state index contributed by atoms with van der Waals surface area (Å²) in [6.45, 7) is 6.66. The summed E-state index contributed by atoms with van der Waals surface area (Å²) in [6.07, 6.45) is 3.77. The highest BCUT2D eigenvalue weighted by atomic mass is 16.2. The lowest BCUT2D eigenvalue weighted by atomic mass is 9.84. The summed E-state index contributed by atoms with van der Waals surface area (Å²) in [5, 5.41) is 7.86. The maximum atomic E-state index is 13.2. The average Bonchev–Trinajstić information content (AvgIpc) is 3.08. The number of hydrogen-bond acceptors (Lipinski definition) is 3. The SMILES string of the molecule is CCCN(CC(=O)Nc1c(-c2ccccc2)c(C)nn1-c1ccc(C)cc1)C(=O)C1CCC1. The average molecular weight is 445 g/mol. The molecular formula is C27H32N4O2. The van der Waals surface area contributed by atoms with E-state index < -0.39 is 0 Å². The fourth-order valence-corrected chi connectivity index (χ4v) is 4.26. The third-order valence-electron chi connectivity index (χ3n) is 6.25. The van der Waals surface area contributed by atoms with Gasteiger partial charge in [-0.25, -0.2) is 4.68 Å². The van der Waals surface area contributed by atoms with E-state index in [0.717, 1.165) is 53.8 Å². The van der Waals surface area contributed by atoms with Crippen LogP contribution in [-0.2, 0) is 9.59 Å². The van der Waals surface area contributed by atoms with E-state index in [0.29, 0.717) is 12.4 Å². The monoisotopic (exact) mass is 444 g/mol. The van der Waals surface area contributed by atoms with E-state index in [1.54, 1.807) is 9.58 Å². The normalized spacial score (nSPS) is 13.4. The van der Waals surface area contributed by atoms with Gasteiger partial charge in [-0.3, -0.25) is 9.59 Å². The minimum absolute atomic E-state index is 0.0511. The first-order valence-corrected chi connectivity index (χ1v) is 11.8. The quantitative estimate of drug-likeness (QED) is 0.524. The Hall–Kier alpha value is -3.41. The Balaban J connectivity index is 1.66. The first kappa shape index (κ1) is 22.8. The number of nitrogens with zero attached hydrogens (tertiary/aromatic N) is 3. The lowest BCUT2D eigenvalue weighted by molar-refractivity contribution is -0.140. The van der Waals surface area contributed by atoms with Crippen molar-refractivity contribution in [2.75, 3.05) is 18.4 Å². The third kappa shape index (κ3) is 5.00. The number of rotatable bonds is 8. The zero-order valence-electron chi connectivity index (χ0n) is 19.7. The van der Waals surface area contributed by atoms with E-state index in [1.165, 1.54) is 0 Å². The minimum atomic E-state index is -0.207. The van der Waals surface area contributed by atoms with Gasteiger partial charge in [-0.2, -0.15) is 5.10 Å². The van der Waals surface area contributed by atoms with Gasteiger partial charge >= 0.3 is 0 Å². The van der Waals surface area contributed by atoms with Crippen LogP contribution in [0, 0.1) is 19.8 Å². The molecule has 0 atom stereocenters. The lowest BCUT2D eigenvalue weighted by Crippen LogP contribution is -2.43. The van der Waals surface area contributed by atoms with Crippen LogP contribution >= 0.6 is 0 Å². The summed E-state index contributed by atoms with van der Waals surface area (Å²) in [6, 6.07) is 18.0. The molecule has 3 aromatic rings. The molecule has 33 heavy (non-hydrogen) atoms. The van der Waals surface area contributed by atoms with Crippen molar-refractivity contribution in [3.8, 4) is 16.8 Å². The molecule has 6 nitrogen and oxygen atoms in total. The molecule has 6 heteroatoms. The fourth-order valence-electron chi connectivity index (χ4n) is 4.26. The number of nitrogens with one attached hydrogen (secondary N) is 1. The van der Waals surface area contributed by atoms with Crippen LogP contribution in [0.25, 0.3) is 16.8 Å². The molecule has 0 aliphatic heterocycles. The van der Waals surface area contributed by atoms with Crippen molar-refractivity contribution in [1.82, 2.24) is 14.7 Å². The summed E-state index contributed by atoms with van der Waals surface area (Å²) in [5.74, 6) is 0.593. The molecule has 2 aromatic carbocycles. The van der Waals surface area contributed by atoms with Gasteiger partial charge in [-0.15, -0.1) is 0 Å². The number of carbonyl (C=O) groups is 2. The number of aryl methyl sites for hydroxylation is 2. The first-order valence-electron chi connectivity index (χ1n) is 11.8. The molecule has 4 rings (SSSR count). The molecule has 0 spiro atoms. The largest absolute Gasteiger partial charge is 0.333 e. The molecule has 0 saturated heterocycles. The summed E-state index contributed by atoms with van der Waals surface area (Å²) >= 11 is 0. The van der Waals surface area contributed by atoms with Crippen molar-refractivity contribution in [2.24, 2.45) is 5.92 Å². The molecular weight excluding hydrogens is 412 g/mol. The Morgan fingerprint density at radius 1 is 1.06 bits per heavy atom. The molecule has 1 saturated carbocycles. The molecule has 0 radical (unpaired) electrons. The number of anilines is 1. The van der Waals surface area contributed by atoms with Crippen LogP contribution in [0.3, 0.4) is 0 Å². The Kier molecular flexibility index (Phi) is 6.92. The Labute approximate surface area is 195 Å². The summed E-state index contributed by atoms with van der Waals surface area (Å²) in [5.41, 5.74) is 4.72. The maximum absolute atomic E-state index is 13.2. The van der Waals surface area contributed by atoms with E-state index in [1.807, 2.05) is 75.4 Å². The second-order valence-electron chi connectivity index (χ2n) is 8.86. The predicted octanol–water partition coefficient (Wildman–Crippen LogP) is 5.13. The van der Waals surface area contributed by atoms with Crippen LogP contribution in [0.15, 0.2) is 54.6 Å². The molecule has 1 N–H and O–H groups in total. The Morgan fingerprint density at radius 2 is 1.76 bits per heavy atom. The van der Waals surface area contributed by atoms with Crippen molar-refractivity contribution in [3.05, 3.63) is 65.9 Å². The highest BCUT2D eigenvalue weighted by Gasteiger charge is 2.30. The van der Waals surface area contributed by atoms with Crippen LogP contribution in [0.4, 0.5) is 5.82 Å². The predicted molar refractivity (Wildman–Crippen MR) is 131 cm³/mol. The standard InChI is InChI=1S/C27H32N4O2/c1-4-17-30(27(33)22-11-8-12-22)18-24(32)28-26-25(21-9-6-5-7-10-21)20(3)29-31(26)23-15-13-19(2)14-16-23/h5-7,9-10,13-16,22H,4,8,11-12,17-18H2,1-3H3,(H,28,32). The minimum Gasteiger partial charge on any atom is -0.333 e. The van der Waals surface area contributed by atoms with Crippen molar-refractivity contribution in [2.45, 2.75) is 46.5 Å². The van der Waals surface area contributed by atoms with Gasteiger partial charge in [0, 0.05) is 18.0 Å². The molecule has 1 heterocycles. The molecule has 2 amide bonds. The number of aromatic nitrogens is 2. The Morgan fingerprint density at radius 3 is 2.36 bits per heavy atom. The van der Waals surface area contributed by atoms with E-state index in [-0.39, 0.29) is 24.3 Å². The molecule has 0 bridgehead atoms. The summed E-state index contributed by atoms with van der Waals surface area (Å²) < 4.78 is 1.78. The van der Waals surface area contributed by atoms with E-state index in [4.69, 9.17) is 5.10 Å². The van der Waals surface area contributed by atoms with Gasteiger partial charge in [-0.05, 0) is 50.8 Å². The van der Waals surface area contributed by atoms with Crippen molar-refractivity contribution in [1.29, 1.82) is 0 Å².